The van der Waals surface area contributed by atoms with Crippen molar-refractivity contribution in [2.75, 3.05) is 33.7 Å². The molecule has 1 heterocycles. The van der Waals surface area contributed by atoms with Crippen LogP contribution in [-0.2, 0) is 9.59 Å². The fraction of sp³-hybridized carbons (Fsp3) is 0.500. The predicted molar refractivity (Wildman–Crippen MR) is 61.0 cm³/mol. The van der Waals surface area contributed by atoms with E-state index in [0.717, 1.165) is 0 Å². The second-order valence-electron chi connectivity index (χ2n) is 3.84. The number of aliphatic carboxylic acids is 1. The van der Waals surface area contributed by atoms with Gasteiger partial charge in [0.2, 0.25) is 0 Å². The molecular formula is C10H15N3O5. The van der Waals surface area contributed by atoms with Crippen LogP contribution in [0, 0.1) is 0 Å². The highest BCUT2D eigenvalue weighted by atomic mass is 16.4. The van der Waals surface area contributed by atoms with Crippen LogP contribution in [0.5, 0.6) is 0 Å². The molecule has 8 nitrogen and oxygen atoms in total. The van der Waals surface area contributed by atoms with E-state index in [4.69, 9.17) is 5.11 Å². The minimum absolute atomic E-state index is 0.151. The molecule has 0 atom stereocenters. The number of carboxylic acid groups (broad SMARTS) is 1. The van der Waals surface area contributed by atoms with Gasteiger partial charge in [0, 0.05) is 27.2 Å². The Morgan fingerprint density at radius 2 is 2.11 bits per heavy atom. The van der Waals surface area contributed by atoms with Crippen LogP contribution >= 0.6 is 0 Å². The second kappa shape index (κ2) is 5.39. The summed E-state index contributed by atoms with van der Waals surface area (Å²) in [6.45, 7) is 0.247. The summed E-state index contributed by atoms with van der Waals surface area (Å²) in [6.07, 6.45) is 0. The summed E-state index contributed by atoms with van der Waals surface area (Å²) in [4.78, 5) is 36.0. The van der Waals surface area contributed by atoms with Crippen molar-refractivity contribution in [3.8, 4) is 0 Å². The van der Waals surface area contributed by atoms with Gasteiger partial charge in [-0.1, -0.05) is 0 Å². The fourth-order valence-electron chi connectivity index (χ4n) is 1.53. The number of amides is 3. The zero-order valence-corrected chi connectivity index (χ0v) is 10.1. The molecule has 0 aromatic rings. The summed E-state index contributed by atoms with van der Waals surface area (Å²) in [7, 11) is 3.03. The zero-order valence-electron chi connectivity index (χ0n) is 10.1. The normalized spacial score (nSPS) is 15.0. The molecule has 3 amide bonds. The Morgan fingerprint density at radius 1 is 1.50 bits per heavy atom. The van der Waals surface area contributed by atoms with Gasteiger partial charge < -0.3 is 25.3 Å². The molecule has 1 rings (SSSR count). The lowest BCUT2D eigenvalue weighted by atomic mass is 10.3. The van der Waals surface area contributed by atoms with Gasteiger partial charge in [-0.3, -0.25) is 4.79 Å². The Morgan fingerprint density at radius 3 is 2.56 bits per heavy atom. The minimum atomic E-state index is -1.32. The molecule has 0 unspecified atom stereocenters. The van der Waals surface area contributed by atoms with Crippen molar-refractivity contribution in [3.05, 3.63) is 11.3 Å². The van der Waals surface area contributed by atoms with Gasteiger partial charge in [0.1, 0.15) is 5.57 Å². The topological polar surface area (TPSA) is 110 Å². The fourth-order valence-corrected chi connectivity index (χ4v) is 1.53. The maximum Gasteiger partial charge on any atom is 0.337 e. The van der Waals surface area contributed by atoms with Crippen LogP contribution in [0.3, 0.4) is 0 Å². The van der Waals surface area contributed by atoms with Crippen LogP contribution in [0.1, 0.15) is 0 Å². The van der Waals surface area contributed by atoms with E-state index < -0.39 is 17.6 Å². The third-order valence-corrected chi connectivity index (χ3v) is 2.65. The molecule has 1 aliphatic rings. The molecule has 0 spiro atoms. The molecule has 0 bridgehead atoms. The van der Waals surface area contributed by atoms with Crippen LogP contribution in [-0.4, -0.2) is 71.7 Å². The lowest BCUT2D eigenvalue weighted by molar-refractivity contribution is -0.133. The van der Waals surface area contributed by atoms with E-state index in [1.807, 2.05) is 0 Å². The van der Waals surface area contributed by atoms with E-state index in [2.05, 4.69) is 5.32 Å². The van der Waals surface area contributed by atoms with E-state index in [-0.39, 0.29) is 31.2 Å². The first-order valence-electron chi connectivity index (χ1n) is 5.26. The number of nitrogens with zero attached hydrogens (tertiary/aromatic N) is 2. The molecular weight excluding hydrogens is 242 g/mol. The molecule has 0 saturated carbocycles. The summed E-state index contributed by atoms with van der Waals surface area (Å²) in [5.41, 5.74) is -0.317. The Labute approximate surface area is 103 Å². The highest BCUT2D eigenvalue weighted by Gasteiger charge is 2.33. The van der Waals surface area contributed by atoms with Crippen molar-refractivity contribution >= 4 is 17.9 Å². The minimum Gasteiger partial charge on any atom is -0.503 e. The summed E-state index contributed by atoms with van der Waals surface area (Å²) >= 11 is 0. The number of carboxylic acids is 1. The molecule has 3 N–H and O–H groups in total. The van der Waals surface area contributed by atoms with Gasteiger partial charge in [-0.05, 0) is 0 Å². The number of urea groups is 1. The van der Waals surface area contributed by atoms with Crippen LogP contribution in [0.4, 0.5) is 4.79 Å². The Hall–Kier alpha value is -2.25. The number of nitrogens with one attached hydrogen (secondary N) is 1. The first-order valence-corrected chi connectivity index (χ1v) is 5.26. The molecule has 0 fully saturated rings. The molecule has 100 valence electrons. The summed E-state index contributed by atoms with van der Waals surface area (Å²) in [5.74, 6) is -2.77. The summed E-state index contributed by atoms with van der Waals surface area (Å²) in [5, 5.41) is 20.5. The maximum atomic E-state index is 11.5. The number of hydrogen-bond donors (Lipinski definition) is 3. The number of likely N-dealkylation sites (N-methyl/N-ethyl adjacent to an activating group) is 1. The highest BCUT2D eigenvalue weighted by Crippen LogP contribution is 2.16. The lowest BCUT2D eigenvalue weighted by Crippen LogP contribution is -2.41. The summed E-state index contributed by atoms with van der Waals surface area (Å²) < 4.78 is 0. The van der Waals surface area contributed by atoms with Gasteiger partial charge in [0.25, 0.3) is 5.91 Å². The molecule has 0 radical (unpaired) electrons. The van der Waals surface area contributed by atoms with Crippen molar-refractivity contribution in [1.29, 1.82) is 0 Å². The standard InChI is InChI=1S/C10H15N3O5/c1-11-10(18)12(2)3-4-13-5-6(9(16)17)7(14)8(13)15/h14H,3-5H2,1-2H3,(H,11,18)(H,16,17). The van der Waals surface area contributed by atoms with Crippen molar-refractivity contribution in [2.24, 2.45) is 0 Å². The molecule has 8 heteroatoms. The number of aliphatic hydroxyl groups excluding tert-OH is 1. The van der Waals surface area contributed by atoms with Crippen molar-refractivity contribution in [3.63, 3.8) is 0 Å². The monoisotopic (exact) mass is 257 g/mol. The van der Waals surface area contributed by atoms with Crippen molar-refractivity contribution in [1.82, 2.24) is 15.1 Å². The molecule has 0 aromatic carbocycles. The predicted octanol–water partition coefficient (Wildman–Crippen LogP) is -1.00. The first kappa shape index (κ1) is 13.8. The Balaban J connectivity index is 2.56. The van der Waals surface area contributed by atoms with Crippen LogP contribution in [0.25, 0.3) is 0 Å². The zero-order chi connectivity index (χ0) is 13.9. The third kappa shape index (κ3) is 2.70. The van der Waals surface area contributed by atoms with Crippen LogP contribution in [0.2, 0.25) is 0 Å². The number of carbonyl (C=O) groups is 3. The van der Waals surface area contributed by atoms with Gasteiger partial charge in [0.15, 0.2) is 5.76 Å². The van der Waals surface area contributed by atoms with E-state index in [9.17, 15) is 19.5 Å². The Bertz CT molecular complexity index is 418. The Kier molecular flexibility index (Phi) is 4.13. The van der Waals surface area contributed by atoms with Gasteiger partial charge in [0.05, 0.1) is 6.54 Å². The molecule has 0 saturated heterocycles. The largest absolute Gasteiger partial charge is 0.503 e. The molecule has 0 aromatic heterocycles. The molecule has 18 heavy (non-hydrogen) atoms. The van der Waals surface area contributed by atoms with E-state index >= 15 is 0 Å². The molecule has 1 aliphatic heterocycles. The average molecular weight is 257 g/mol. The van der Waals surface area contributed by atoms with Crippen molar-refractivity contribution in [2.45, 2.75) is 0 Å². The first-order chi connectivity index (χ1) is 8.38. The third-order valence-electron chi connectivity index (χ3n) is 2.65. The van der Waals surface area contributed by atoms with Crippen LogP contribution < -0.4 is 5.32 Å². The second-order valence-corrected chi connectivity index (χ2v) is 3.84. The van der Waals surface area contributed by atoms with Gasteiger partial charge in [-0.15, -0.1) is 0 Å². The SMILES string of the molecule is CNC(=O)N(C)CCN1CC(C(=O)O)=C(O)C1=O. The highest BCUT2D eigenvalue weighted by molar-refractivity contribution is 6.04. The maximum absolute atomic E-state index is 11.5. The van der Waals surface area contributed by atoms with Gasteiger partial charge in [-0.2, -0.15) is 0 Å². The van der Waals surface area contributed by atoms with Crippen LogP contribution in [0.15, 0.2) is 11.3 Å². The number of aliphatic hydroxyl groups is 1. The number of hydrogen-bond acceptors (Lipinski definition) is 4. The number of rotatable bonds is 4. The quantitative estimate of drug-likeness (QED) is 0.598. The average Bonchev–Trinajstić information content (AvgIpc) is 2.62. The lowest BCUT2D eigenvalue weighted by Gasteiger charge is -2.21. The van der Waals surface area contributed by atoms with Crippen molar-refractivity contribution < 1.29 is 24.6 Å². The molecule has 0 aliphatic carbocycles. The summed E-state index contributed by atoms with van der Waals surface area (Å²) in [6, 6.07) is -0.308. The van der Waals surface area contributed by atoms with E-state index in [0.29, 0.717) is 0 Å². The smallest absolute Gasteiger partial charge is 0.337 e. The van der Waals surface area contributed by atoms with E-state index in [1.54, 1.807) is 7.05 Å². The van der Waals surface area contributed by atoms with Gasteiger partial charge in [-0.25, -0.2) is 9.59 Å². The number of carbonyl (C=O) groups excluding carboxylic acids is 2. The van der Waals surface area contributed by atoms with Gasteiger partial charge >= 0.3 is 12.0 Å². The van der Waals surface area contributed by atoms with E-state index in [1.165, 1.54) is 16.8 Å².